The second-order valence-electron chi connectivity index (χ2n) is 11.1. The molecule has 10 heteroatoms. The molecule has 2 aliphatic heterocycles. The molecule has 0 bridgehead atoms. The van der Waals surface area contributed by atoms with Gasteiger partial charge in [0.15, 0.2) is 5.82 Å². The lowest BCUT2D eigenvalue weighted by Crippen LogP contribution is -2.48. The zero-order valence-electron chi connectivity index (χ0n) is 24.2. The molecule has 2 aromatic carbocycles. The van der Waals surface area contributed by atoms with Crippen molar-refractivity contribution in [1.29, 1.82) is 0 Å². The molecule has 9 nitrogen and oxygen atoms in total. The first-order chi connectivity index (χ1) is 21.0. The first-order valence-corrected chi connectivity index (χ1v) is 14.7. The fourth-order valence-corrected chi connectivity index (χ4v) is 5.88. The van der Waals surface area contributed by atoms with Crippen LogP contribution in [0.5, 0.6) is 0 Å². The van der Waals surface area contributed by atoms with Gasteiger partial charge >= 0.3 is 6.09 Å². The second kappa shape index (κ2) is 12.6. The summed E-state index contributed by atoms with van der Waals surface area (Å²) in [6, 6.07) is 21.3. The van der Waals surface area contributed by atoms with E-state index in [-0.39, 0.29) is 29.7 Å². The van der Waals surface area contributed by atoms with Crippen molar-refractivity contribution in [2.75, 3.05) is 49.1 Å². The number of carbonyl (C=O) groups is 1. The molecule has 0 spiro atoms. The number of piperidine rings is 1. The van der Waals surface area contributed by atoms with Gasteiger partial charge in [0.1, 0.15) is 6.61 Å². The second-order valence-corrected chi connectivity index (χ2v) is 11.1. The Morgan fingerprint density at radius 1 is 0.977 bits per heavy atom. The maximum absolute atomic E-state index is 14.4. The summed E-state index contributed by atoms with van der Waals surface area (Å²) in [5.74, 6) is 0.313. The van der Waals surface area contributed by atoms with E-state index >= 15 is 0 Å². The normalized spacial score (nSPS) is 17.2. The topological polar surface area (TPSA) is 83.8 Å². The number of anilines is 2. The van der Waals surface area contributed by atoms with Crippen LogP contribution in [-0.2, 0) is 18.4 Å². The minimum absolute atomic E-state index is 0.229. The van der Waals surface area contributed by atoms with Crippen molar-refractivity contribution in [2.45, 2.75) is 25.4 Å². The number of ether oxygens (including phenoxy) is 1. The molecule has 222 valence electrons. The minimum atomic E-state index is -0.504. The van der Waals surface area contributed by atoms with E-state index in [1.165, 1.54) is 22.4 Å². The lowest BCUT2D eigenvalue weighted by atomic mass is 9.90. The molecule has 6 rings (SSSR count). The Morgan fingerprint density at radius 3 is 2.49 bits per heavy atom. The maximum atomic E-state index is 14.4. The van der Waals surface area contributed by atoms with Crippen LogP contribution in [0.15, 0.2) is 83.9 Å². The zero-order valence-corrected chi connectivity index (χ0v) is 24.2. The number of halogens is 1. The molecule has 1 atom stereocenters. The van der Waals surface area contributed by atoms with E-state index in [0.717, 1.165) is 49.9 Å². The Bertz CT molecular complexity index is 1620. The Morgan fingerprint density at radius 2 is 1.74 bits per heavy atom. The Balaban J connectivity index is 1.08. The van der Waals surface area contributed by atoms with Crippen LogP contribution in [0.1, 0.15) is 29.9 Å². The number of hydrogen-bond donors (Lipinski definition) is 0. The van der Waals surface area contributed by atoms with Gasteiger partial charge in [-0.3, -0.25) is 14.3 Å². The van der Waals surface area contributed by atoms with Crippen molar-refractivity contribution >= 4 is 17.7 Å². The maximum Gasteiger partial charge on any atom is 0.410 e. The quantitative estimate of drug-likeness (QED) is 0.322. The van der Waals surface area contributed by atoms with Crippen molar-refractivity contribution < 1.29 is 13.9 Å². The number of carbonyl (C=O) groups excluding carboxylic acids is 1. The van der Waals surface area contributed by atoms with Gasteiger partial charge in [0, 0.05) is 75.7 Å². The van der Waals surface area contributed by atoms with Crippen molar-refractivity contribution in [3.05, 3.63) is 106 Å². The van der Waals surface area contributed by atoms with Gasteiger partial charge in [0.05, 0.1) is 11.9 Å². The number of aromatic nitrogens is 3. The zero-order chi connectivity index (χ0) is 29.8. The molecular weight excluding hydrogens is 547 g/mol. The smallest absolute Gasteiger partial charge is 0.410 e. The molecule has 0 N–H and O–H groups in total. The summed E-state index contributed by atoms with van der Waals surface area (Å²) >= 11 is 0. The molecule has 0 aliphatic carbocycles. The Hall–Kier alpha value is -4.73. The van der Waals surface area contributed by atoms with Gasteiger partial charge in [-0.1, -0.05) is 42.5 Å². The fourth-order valence-electron chi connectivity index (χ4n) is 5.88. The molecular formula is C33H35FN6O3. The number of nitrogens with zero attached hydrogens (tertiary/aromatic N) is 6. The van der Waals surface area contributed by atoms with E-state index in [1.54, 1.807) is 18.0 Å². The summed E-state index contributed by atoms with van der Waals surface area (Å²) < 4.78 is 21.5. The third-order valence-electron chi connectivity index (χ3n) is 8.34. The predicted octanol–water partition coefficient (Wildman–Crippen LogP) is 4.82. The highest BCUT2D eigenvalue weighted by atomic mass is 19.1. The average Bonchev–Trinajstić information content (AvgIpc) is 3.06. The number of benzene rings is 2. The van der Waals surface area contributed by atoms with Crippen LogP contribution in [0.4, 0.5) is 20.8 Å². The highest BCUT2D eigenvalue weighted by Crippen LogP contribution is 2.31. The van der Waals surface area contributed by atoms with Crippen LogP contribution in [0.2, 0.25) is 0 Å². The molecule has 0 radical (unpaired) electrons. The average molecular weight is 583 g/mol. The largest absolute Gasteiger partial charge is 0.445 e. The van der Waals surface area contributed by atoms with Gasteiger partial charge in [-0.25, -0.2) is 14.2 Å². The van der Waals surface area contributed by atoms with Crippen molar-refractivity contribution in [1.82, 2.24) is 19.4 Å². The summed E-state index contributed by atoms with van der Waals surface area (Å²) in [6.45, 7) is 4.47. The molecule has 4 aromatic rings. The number of piperazine rings is 1. The first-order valence-electron chi connectivity index (χ1n) is 14.7. The van der Waals surface area contributed by atoms with Crippen LogP contribution in [0, 0.1) is 5.82 Å². The summed E-state index contributed by atoms with van der Waals surface area (Å²) in [5.41, 5.74) is 3.69. The van der Waals surface area contributed by atoms with Gasteiger partial charge in [-0.15, -0.1) is 0 Å². The molecule has 1 amide bonds. The molecule has 4 heterocycles. The summed E-state index contributed by atoms with van der Waals surface area (Å²) in [4.78, 5) is 40.1. The van der Waals surface area contributed by atoms with Gasteiger partial charge in [0.25, 0.3) is 5.56 Å². The predicted molar refractivity (Wildman–Crippen MR) is 164 cm³/mol. The van der Waals surface area contributed by atoms with Crippen LogP contribution >= 0.6 is 0 Å². The summed E-state index contributed by atoms with van der Waals surface area (Å²) in [5, 5.41) is 0. The third kappa shape index (κ3) is 6.38. The Kier molecular flexibility index (Phi) is 8.35. The minimum Gasteiger partial charge on any atom is -0.445 e. The highest BCUT2D eigenvalue weighted by Gasteiger charge is 2.26. The van der Waals surface area contributed by atoms with E-state index in [4.69, 9.17) is 9.72 Å². The molecule has 43 heavy (non-hydrogen) atoms. The van der Waals surface area contributed by atoms with Crippen molar-refractivity contribution in [2.24, 2.45) is 7.05 Å². The van der Waals surface area contributed by atoms with E-state index in [2.05, 4.69) is 39.0 Å². The Labute approximate surface area is 250 Å². The van der Waals surface area contributed by atoms with Crippen molar-refractivity contribution in [3.8, 4) is 11.3 Å². The van der Waals surface area contributed by atoms with Crippen LogP contribution < -0.4 is 15.4 Å². The van der Waals surface area contributed by atoms with Crippen LogP contribution in [0.25, 0.3) is 11.3 Å². The first kappa shape index (κ1) is 28.4. The van der Waals surface area contributed by atoms with Crippen LogP contribution in [0.3, 0.4) is 0 Å². The third-order valence-corrected chi connectivity index (χ3v) is 8.34. The van der Waals surface area contributed by atoms with E-state index in [0.29, 0.717) is 31.3 Å². The van der Waals surface area contributed by atoms with E-state index in [1.807, 2.05) is 30.3 Å². The lowest BCUT2D eigenvalue weighted by molar-refractivity contribution is 0.0942. The number of amides is 1. The van der Waals surface area contributed by atoms with E-state index < -0.39 is 5.82 Å². The molecule has 1 unspecified atom stereocenters. The number of hydrogen-bond acceptors (Lipinski definition) is 7. The number of pyridine rings is 1. The summed E-state index contributed by atoms with van der Waals surface area (Å²) in [7, 11) is 1.71. The monoisotopic (exact) mass is 582 g/mol. The lowest BCUT2D eigenvalue weighted by Gasteiger charge is -2.36. The standard InChI is InChI=1S/C33H35FN6O3/c1-37-31(41)20-30(28-13-14-35-21-29(28)34)36-32(37)40-15-5-8-26(22-40)25-9-11-27(12-10-25)38-16-18-39(19-17-38)33(42)43-23-24-6-3-2-4-7-24/h2-4,6-7,9-14,20-21,26H,5,8,15-19,22-23H2,1H3. The van der Waals surface area contributed by atoms with Gasteiger partial charge < -0.3 is 19.4 Å². The van der Waals surface area contributed by atoms with E-state index in [9.17, 15) is 14.0 Å². The highest BCUT2D eigenvalue weighted by molar-refractivity contribution is 5.68. The van der Waals surface area contributed by atoms with Crippen LogP contribution in [-0.4, -0.2) is 64.8 Å². The fraction of sp³-hybridized carbons (Fsp3) is 0.333. The molecule has 2 aromatic heterocycles. The summed E-state index contributed by atoms with van der Waals surface area (Å²) in [6.07, 6.45) is 4.35. The SMILES string of the molecule is Cn1c(N2CCCC(c3ccc(N4CCN(C(=O)OCc5ccccc5)CC4)cc3)C2)nc(-c2ccncc2F)cc1=O. The molecule has 0 saturated carbocycles. The van der Waals surface area contributed by atoms with Gasteiger partial charge in [0.2, 0.25) is 5.95 Å². The molecule has 2 saturated heterocycles. The van der Waals surface area contributed by atoms with Gasteiger partial charge in [-0.2, -0.15) is 0 Å². The molecule has 2 aliphatic rings. The molecule has 2 fully saturated rings. The van der Waals surface area contributed by atoms with Crippen molar-refractivity contribution in [3.63, 3.8) is 0 Å². The number of rotatable bonds is 6. The van der Waals surface area contributed by atoms with Gasteiger partial charge in [-0.05, 0) is 42.2 Å².